The summed E-state index contributed by atoms with van der Waals surface area (Å²) >= 11 is 0. The van der Waals surface area contributed by atoms with E-state index in [4.69, 9.17) is 9.47 Å². The van der Waals surface area contributed by atoms with Gasteiger partial charge in [-0.2, -0.15) is 0 Å². The lowest BCUT2D eigenvalue weighted by Gasteiger charge is -2.25. The Morgan fingerprint density at radius 3 is 2.69 bits per heavy atom. The minimum atomic E-state index is -0.453. The molecule has 1 aliphatic rings. The number of nitrogens with zero attached hydrogens (tertiary/aromatic N) is 1. The van der Waals surface area contributed by atoms with Crippen LogP contribution in [-0.2, 0) is 22.6 Å². The van der Waals surface area contributed by atoms with Crippen molar-refractivity contribution in [2.45, 2.75) is 26.4 Å². The Hall–Kier alpha value is -2.89. The van der Waals surface area contributed by atoms with Gasteiger partial charge < -0.3 is 9.47 Å². The van der Waals surface area contributed by atoms with E-state index >= 15 is 0 Å². The smallest absolute Gasteiger partial charge is 0.311 e. The first-order valence-electron chi connectivity index (χ1n) is 8.63. The van der Waals surface area contributed by atoms with E-state index < -0.39 is 4.92 Å². The first kappa shape index (κ1) is 17.9. The van der Waals surface area contributed by atoms with Crippen LogP contribution in [0.15, 0.2) is 48.5 Å². The van der Waals surface area contributed by atoms with Gasteiger partial charge >= 0.3 is 11.7 Å². The number of ether oxygens (including phenoxy) is 2. The predicted molar refractivity (Wildman–Crippen MR) is 95.8 cm³/mol. The summed E-state index contributed by atoms with van der Waals surface area (Å²) in [7, 11) is 0. The van der Waals surface area contributed by atoms with E-state index in [9.17, 15) is 14.9 Å². The van der Waals surface area contributed by atoms with Crippen molar-refractivity contribution < 1.29 is 19.2 Å². The van der Waals surface area contributed by atoms with Gasteiger partial charge in [0.05, 0.1) is 17.4 Å². The molecule has 0 amide bonds. The van der Waals surface area contributed by atoms with Gasteiger partial charge in [0.25, 0.3) is 0 Å². The number of carbonyl (C=O) groups is 1. The van der Waals surface area contributed by atoms with Crippen molar-refractivity contribution >= 4 is 11.7 Å². The molecule has 2 aromatic rings. The molecule has 3 rings (SSSR count). The molecular formula is C20H21NO5. The summed E-state index contributed by atoms with van der Waals surface area (Å²) in [6, 6.07) is 14.4. The van der Waals surface area contributed by atoms with Crippen LogP contribution in [-0.4, -0.2) is 17.5 Å². The molecule has 26 heavy (non-hydrogen) atoms. The molecule has 1 aliphatic heterocycles. The average Bonchev–Trinajstić information content (AvgIpc) is 2.64. The molecule has 0 N–H and O–H groups in total. The molecule has 6 nitrogen and oxygen atoms in total. The molecule has 6 heteroatoms. The third-order valence-electron chi connectivity index (χ3n) is 4.47. The summed E-state index contributed by atoms with van der Waals surface area (Å²) in [5.41, 5.74) is 1.58. The lowest BCUT2D eigenvalue weighted by Crippen LogP contribution is -2.30. The maximum atomic E-state index is 11.9. The Kier molecular flexibility index (Phi) is 5.51. The predicted octanol–water partition coefficient (Wildman–Crippen LogP) is 3.92. The van der Waals surface area contributed by atoms with Gasteiger partial charge in [-0.15, -0.1) is 0 Å². The highest BCUT2D eigenvalue weighted by atomic mass is 16.6. The molecule has 1 saturated heterocycles. The van der Waals surface area contributed by atoms with Gasteiger partial charge in [-0.05, 0) is 36.0 Å². The topological polar surface area (TPSA) is 78.7 Å². The minimum absolute atomic E-state index is 0.0874. The molecule has 136 valence electrons. The standard InChI is InChI=1S/C20H21NO5/c1-14-9-17(20(22)26-12-14)10-16-7-8-19(18(11-16)21(23)24)25-13-15-5-3-2-4-6-15/h2-8,11,14,17H,9-10,12-13H2,1H3/t14-,17?/m1/s1. The van der Waals surface area contributed by atoms with Crippen LogP contribution in [0.4, 0.5) is 5.69 Å². The summed E-state index contributed by atoms with van der Waals surface area (Å²) in [6.07, 6.45) is 1.17. The lowest BCUT2D eigenvalue weighted by molar-refractivity contribution is -0.386. The number of hydrogen-bond donors (Lipinski definition) is 0. The van der Waals surface area contributed by atoms with E-state index in [0.29, 0.717) is 18.9 Å². The minimum Gasteiger partial charge on any atom is -0.482 e. The highest BCUT2D eigenvalue weighted by molar-refractivity contribution is 5.73. The quantitative estimate of drug-likeness (QED) is 0.446. The Morgan fingerprint density at radius 2 is 1.96 bits per heavy atom. The number of rotatable bonds is 6. The van der Waals surface area contributed by atoms with E-state index in [1.165, 1.54) is 6.07 Å². The highest BCUT2D eigenvalue weighted by Crippen LogP contribution is 2.31. The molecule has 0 radical (unpaired) electrons. The first-order chi connectivity index (χ1) is 12.5. The van der Waals surface area contributed by atoms with Crippen molar-refractivity contribution in [1.29, 1.82) is 0 Å². The fraction of sp³-hybridized carbons (Fsp3) is 0.350. The normalized spacial score (nSPS) is 19.7. The molecule has 1 unspecified atom stereocenters. The van der Waals surface area contributed by atoms with Crippen molar-refractivity contribution in [2.24, 2.45) is 11.8 Å². The number of cyclic esters (lactones) is 1. The third-order valence-corrected chi connectivity index (χ3v) is 4.47. The van der Waals surface area contributed by atoms with Crippen molar-refractivity contribution in [3.63, 3.8) is 0 Å². The van der Waals surface area contributed by atoms with Crippen LogP contribution in [0.1, 0.15) is 24.5 Å². The molecule has 2 atom stereocenters. The molecule has 1 heterocycles. The van der Waals surface area contributed by atoms with Crippen molar-refractivity contribution in [2.75, 3.05) is 6.61 Å². The zero-order valence-electron chi connectivity index (χ0n) is 14.6. The third kappa shape index (κ3) is 4.39. The van der Waals surface area contributed by atoms with E-state index in [0.717, 1.165) is 17.5 Å². The second kappa shape index (κ2) is 7.99. The van der Waals surface area contributed by atoms with Gasteiger partial charge in [-0.25, -0.2) is 0 Å². The van der Waals surface area contributed by atoms with Gasteiger partial charge in [-0.3, -0.25) is 14.9 Å². The van der Waals surface area contributed by atoms with Gasteiger partial charge in [0.2, 0.25) is 0 Å². The molecule has 1 fully saturated rings. The zero-order chi connectivity index (χ0) is 18.5. The molecular weight excluding hydrogens is 334 g/mol. The van der Waals surface area contributed by atoms with Gasteiger partial charge in [0.15, 0.2) is 5.75 Å². The van der Waals surface area contributed by atoms with Gasteiger partial charge in [0.1, 0.15) is 6.61 Å². The molecule has 0 spiro atoms. The molecule has 0 bridgehead atoms. The van der Waals surface area contributed by atoms with Gasteiger partial charge in [0, 0.05) is 6.07 Å². The van der Waals surface area contributed by atoms with Crippen LogP contribution >= 0.6 is 0 Å². The fourth-order valence-corrected chi connectivity index (χ4v) is 3.13. The van der Waals surface area contributed by atoms with Crippen LogP contribution in [0.3, 0.4) is 0 Å². The summed E-state index contributed by atoms with van der Waals surface area (Å²) in [6.45, 7) is 2.73. The number of esters is 1. The summed E-state index contributed by atoms with van der Waals surface area (Å²) in [5.74, 6) is 0.0490. The van der Waals surface area contributed by atoms with Crippen LogP contribution in [0.25, 0.3) is 0 Å². The molecule has 2 aromatic carbocycles. The maximum Gasteiger partial charge on any atom is 0.311 e. The van der Waals surface area contributed by atoms with Crippen molar-refractivity contribution in [1.82, 2.24) is 0 Å². The van der Waals surface area contributed by atoms with Crippen LogP contribution in [0.5, 0.6) is 5.75 Å². The maximum absolute atomic E-state index is 11.9. The Morgan fingerprint density at radius 1 is 1.19 bits per heavy atom. The number of nitro benzene ring substituents is 1. The average molecular weight is 355 g/mol. The largest absolute Gasteiger partial charge is 0.482 e. The second-order valence-electron chi connectivity index (χ2n) is 6.71. The molecule has 0 aliphatic carbocycles. The lowest BCUT2D eigenvalue weighted by atomic mass is 9.88. The molecule has 0 aromatic heterocycles. The summed E-state index contributed by atoms with van der Waals surface area (Å²) in [4.78, 5) is 22.9. The van der Waals surface area contributed by atoms with E-state index in [-0.39, 0.29) is 29.9 Å². The van der Waals surface area contributed by atoms with E-state index in [1.54, 1.807) is 12.1 Å². The number of carbonyl (C=O) groups excluding carboxylic acids is 1. The Balaban J connectivity index is 1.74. The first-order valence-corrected chi connectivity index (χ1v) is 8.63. The van der Waals surface area contributed by atoms with Crippen LogP contribution < -0.4 is 4.74 Å². The Bertz CT molecular complexity index is 790. The second-order valence-corrected chi connectivity index (χ2v) is 6.71. The molecule has 0 saturated carbocycles. The monoisotopic (exact) mass is 355 g/mol. The number of nitro groups is 1. The summed E-state index contributed by atoms with van der Waals surface area (Å²) in [5, 5.41) is 11.4. The fourth-order valence-electron chi connectivity index (χ4n) is 3.13. The van der Waals surface area contributed by atoms with E-state index in [1.807, 2.05) is 37.3 Å². The Labute approximate surface area is 151 Å². The van der Waals surface area contributed by atoms with Crippen molar-refractivity contribution in [3.8, 4) is 5.75 Å². The SMILES string of the molecule is C[C@H]1COC(=O)C(Cc2ccc(OCc3ccccc3)c([N+](=O)[O-])c2)C1. The number of benzene rings is 2. The van der Waals surface area contributed by atoms with Crippen LogP contribution in [0.2, 0.25) is 0 Å². The van der Waals surface area contributed by atoms with Crippen molar-refractivity contribution in [3.05, 3.63) is 69.8 Å². The zero-order valence-corrected chi connectivity index (χ0v) is 14.6. The van der Waals surface area contributed by atoms with E-state index in [2.05, 4.69) is 0 Å². The summed E-state index contributed by atoms with van der Waals surface area (Å²) < 4.78 is 10.8. The van der Waals surface area contributed by atoms with Crippen LogP contribution in [0, 0.1) is 22.0 Å². The number of hydrogen-bond acceptors (Lipinski definition) is 5. The van der Waals surface area contributed by atoms with Gasteiger partial charge in [-0.1, -0.05) is 43.3 Å². The highest BCUT2D eigenvalue weighted by Gasteiger charge is 2.29.